The number of carbonyl (C=O) groups excluding carboxylic acids is 10. The molecule has 25 nitrogen and oxygen atoms in total. The number of primary amides is 1. The number of nitrogens with two attached hydrogens (primary N) is 1. The molecular weight excluding hydrogens is 1100 g/mol. The molecule has 2 unspecified atom stereocenters. The molecule has 1 fully saturated rings. The maximum atomic E-state index is 14.8. The normalized spacial score (nSPS) is 16.7. The number of likely N-dealkylation sites (N-methyl/N-ethyl adjacent to an activating group) is 2. The highest BCUT2D eigenvalue weighted by Gasteiger charge is 2.44. The second kappa shape index (κ2) is 38.2. The number of rotatable bonds is 39. The van der Waals surface area contributed by atoms with Gasteiger partial charge in [-0.15, -0.1) is 0 Å². The van der Waals surface area contributed by atoms with Crippen LogP contribution in [-0.2, 0) is 63.8 Å². The largest absolute Gasteiger partial charge is 0.467 e. The standard InChI is InChI=1S/C60H100N12O13/c1-15-39(8)52(47(83-12)35-49(75)72-32-22-27-46(72)53(84-13)40(9)54(76)67-45(59(81)85-14)33-41-23-17-16-18-24-41)71(11)58(80)50(37(4)5)68-57(79)51(38(6)7)70(10)48(74)28-21-29-63-56(78)44(26-20-30-64-60(61)82)66-55(77)43(36(2)3)34-42(73)25-19-31-65-69-62/h16-18,23-24,36-40,43-47,50-53H,15,19-22,25-35H2,1-14H3,(H,63,78)(H,66,77)(H,67,76)(H,68,79)(H3,61,64,82)/t39?,40-,43-,44-,45?,46+,47-,50+,51+,52+,53-/m1/s1. The summed E-state index contributed by atoms with van der Waals surface area (Å²) in [6.45, 7) is 17.1. The summed E-state index contributed by atoms with van der Waals surface area (Å²) in [5.74, 6) is -6.66. The summed E-state index contributed by atoms with van der Waals surface area (Å²) in [6.07, 6.45) is 1.29. The third-order valence-electron chi connectivity index (χ3n) is 16.1. The van der Waals surface area contributed by atoms with Crippen molar-refractivity contribution in [3.8, 4) is 0 Å². The number of methoxy groups -OCH3 is 3. The van der Waals surface area contributed by atoms with Crippen molar-refractivity contribution in [1.82, 2.24) is 41.3 Å². The zero-order chi connectivity index (χ0) is 64.1. The molecule has 1 aliphatic heterocycles. The summed E-state index contributed by atoms with van der Waals surface area (Å²) in [4.78, 5) is 143. The highest BCUT2D eigenvalue weighted by molar-refractivity contribution is 5.93. The van der Waals surface area contributed by atoms with Crippen molar-refractivity contribution in [3.05, 3.63) is 46.3 Å². The highest BCUT2D eigenvalue weighted by atomic mass is 16.5. The van der Waals surface area contributed by atoms with Crippen LogP contribution in [0.1, 0.15) is 139 Å². The van der Waals surface area contributed by atoms with Gasteiger partial charge in [-0.1, -0.05) is 104 Å². The number of carbonyl (C=O) groups is 10. The number of urea groups is 1. The van der Waals surface area contributed by atoms with Crippen molar-refractivity contribution < 1.29 is 62.2 Å². The molecule has 0 radical (unpaired) electrons. The van der Waals surface area contributed by atoms with Gasteiger partial charge in [0.25, 0.3) is 0 Å². The number of hydrogen-bond donors (Lipinski definition) is 6. The van der Waals surface area contributed by atoms with Gasteiger partial charge in [0, 0.05) is 91.0 Å². The molecule has 1 aromatic carbocycles. The number of ketones is 1. The molecule has 9 amide bonds. The van der Waals surface area contributed by atoms with E-state index < -0.39 is 120 Å². The highest BCUT2D eigenvalue weighted by Crippen LogP contribution is 2.30. The average molecular weight is 1200 g/mol. The fourth-order valence-corrected chi connectivity index (χ4v) is 11.0. The molecule has 1 aliphatic rings. The van der Waals surface area contributed by atoms with Crippen molar-refractivity contribution in [2.45, 2.75) is 188 Å². The molecule has 1 heterocycles. The van der Waals surface area contributed by atoms with Gasteiger partial charge in [0.1, 0.15) is 30.0 Å². The number of benzene rings is 1. The summed E-state index contributed by atoms with van der Waals surface area (Å²) >= 11 is 0. The van der Waals surface area contributed by atoms with E-state index in [1.807, 2.05) is 44.2 Å². The smallest absolute Gasteiger partial charge is 0.328 e. The Morgan fingerprint density at radius 3 is 1.96 bits per heavy atom. The molecule has 478 valence electrons. The predicted molar refractivity (Wildman–Crippen MR) is 321 cm³/mol. The molecule has 25 heteroatoms. The monoisotopic (exact) mass is 1200 g/mol. The number of nitrogens with zero attached hydrogens (tertiary/aromatic N) is 6. The van der Waals surface area contributed by atoms with Gasteiger partial charge >= 0.3 is 12.0 Å². The van der Waals surface area contributed by atoms with Crippen LogP contribution in [0.25, 0.3) is 10.4 Å². The maximum absolute atomic E-state index is 14.8. The summed E-state index contributed by atoms with van der Waals surface area (Å²) in [7, 11) is 7.38. The van der Waals surface area contributed by atoms with Crippen LogP contribution in [-0.4, -0.2) is 184 Å². The molecule has 0 bridgehead atoms. The summed E-state index contributed by atoms with van der Waals surface area (Å²) in [6, 6.07) is 3.33. The van der Waals surface area contributed by atoms with Gasteiger partial charge in [-0.25, -0.2) is 9.59 Å². The fourth-order valence-electron chi connectivity index (χ4n) is 11.0. The molecular formula is C60H100N12O13. The first kappa shape index (κ1) is 74.3. The van der Waals surface area contributed by atoms with E-state index in [1.54, 1.807) is 65.3 Å². The Balaban J connectivity index is 2.22. The molecule has 1 aromatic rings. The average Bonchev–Trinajstić information content (AvgIpc) is 3.94. The third kappa shape index (κ3) is 23.9. The molecule has 11 atom stereocenters. The number of ether oxygens (including phenoxy) is 3. The van der Waals surface area contributed by atoms with Gasteiger partial charge in [-0.2, -0.15) is 0 Å². The maximum Gasteiger partial charge on any atom is 0.328 e. The molecule has 0 saturated carbocycles. The summed E-state index contributed by atoms with van der Waals surface area (Å²) in [5.41, 5.74) is 14.6. The minimum Gasteiger partial charge on any atom is -0.467 e. The van der Waals surface area contributed by atoms with Crippen LogP contribution >= 0.6 is 0 Å². The van der Waals surface area contributed by atoms with E-state index >= 15 is 0 Å². The van der Waals surface area contributed by atoms with Gasteiger partial charge in [0.2, 0.25) is 41.4 Å². The molecule has 0 aromatic heterocycles. The van der Waals surface area contributed by atoms with Crippen LogP contribution in [0, 0.1) is 35.5 Å². The van der Waals surface area contributed by atoms with Crippen LogP contribution < -0.4 is 32.3 Å². The van der Waals surface area contributed by atoms with Crippen molar-refractivity contribution in [1.29, 1.82) is 0 Å². The molecule has 0 spiro atoms. The number of esters is 1. The van der Waals surface area contributed by atoms with Crippen LogP contribution in [0.15, 0.2) is 35.4 Å². The van der Waals surface area contributed by atoms with E-state index in [4.69, 9.17) is 25.5 Å². The van der Waals surface area contributed by atoms with E-state index in [1.165, 1.54) is 33.3 Å². The lowest BCUT2D eigenvalue weighted by molar-refractivity contribution is -0.149. The lowest BCUT2D eigenvalue weighted by atomic mass is 9.88. The van der Waals surface area contributed by atoms with Crippen LogP contribution in [0.3, 0.4) is 0 Å². The molecule has 85 heavy (non-hydrogen) atoms. The molecule has 7 N–H and O–H groups in total. The van der Waals surface area contributed by atoms with Gasteiger partial charge in [0.05, 0.1) is 43.7 Å². The SMILES string of the molecule is CCC(C)[C@@H]([C@@H](CC(=O)N1CCC[C@H]1[C@H](OC)[C@@H](C)C(=O)NC(Cc1ccccc1)C(=O)OC)OC)N(C)C(=O)[C@@H](NC(=O)[C@H](C(C)C)N(C)C(=O)CCCNC(=O)[C@@H](CCCNC(N)=O)NC(=O)[C@H](CC(=O)CCCN=[N+]=[N-])C(C)C)C(C)C. The number of hydrogen-bond acceptors (Lipinski definition) is 14. The topological polar surface area (TPSA) is 343 Å². The minimum atomic E-state index is -1.05. The zero-order valence-corrected chi connectivity index (χ0v) is 52.9. The van der Waals surface area contributed by atoms with E-state index in [2.05, 4.69) is 36.6 Å². The van der Waals surface area contributed by atoms with Gasteiger partial charge < -0.3 is 61.2 Å². The first-order chi connectivity index (χ1) is 40.2. The van der Waals surface area contributed by atoms with Gasteiger partial charge in [0.15, 0.2) is 0 Å². The van der Waals surface area contributed by atoms with Crippen molar-refractivity contribution in [2.24, 2.45) is 46.4 Å². The first-order valence-electron chi connectivity index (χ1n) is 29.9. The minimum absolute atomic E-state index is 0.0298. The lowest BCUT2D eigenvalue weighted by Crippen LogP contribution is -2.60. The van der Waals surface area contributed by atoms with Gasteiger partial charge in [-0.3, -0.25) is 38.4 Å². The Morgan fingerprint density at radius 2 is 1.40 bits per heavy atom. The fraction of sp³-hybridized carbons (Fsp3) is 0.733. The van der Waals surface area contributed by atoms with Crippen molar-refractivity contribution in [2.75, 3.05) is 61.6 Å². The number of Topliss-reactive ketones (excluding diaryl/α,β-unsaturated/α-hetero) is 1. The van der Waals surface area contributed by atoms with E-state index in [0.717, 1.165) is 5.56 Å². The summed E-state index contributed by atoms with van der Waals surface area (Å²) in [5, 5.41) is 17.3. The van der Waals surface area contributed by atoms with Crippen LogP contribution in [0.4, 0.5) is 4.79 Å². The number of azide groups is 1. The summed E-state index contributed by atoms with van der Waals surface area (Å²) < 4.78 is 17.1. The number of nitrogens with one attached hydrogen (secondary N) is 5. The van der Waals surface area contributed by atoms with E-state index in [9.17, 15) is 47.9 Å². The third-order valence-corrected chi connectivity index (χ3v) is 16.1. The quantitative estimate of drug-likeness (QED) is 0.0173. The van der Waals surface area contributed by atoms with Crippen molar-refractivity contribution in [3.63, 3.8) is 0 Å². The van der Waals surface area contributed by atoms with E-state index in [-0.39, 0.29) is 94.5 Å². The van der Waals surface area contributed by atoms with Crippen LogP contribution in [0.5, 0.6) is 0 Å². The Bertz CT molecular complexity index is 2390. The van der Waals surface area contributed by atoms with Gasteiger partial charge in [-0.05, 0) is 73.3 Å². The molecule has 0 aliphatic carbocycles. The first-order valence-corrected chi connectivity index (χ1v) is 29.9. The van der Waals surface area contributed by atoms with E-state index in [0.29, 0.717) is 32.2 Å². The Kier molecular flexibility index (Phi) is 33.4. The number of amides is 9. The Labute approximate surface area is 503 Å². The Hall–Kier alpha value is -6.85. The Morgan fingerprint density at radius 1 is 0.753 bits per heavy atom. The lowest BCUT2D eigenvalue weighted by Gasteiger charge is -2.41. The van der Waals surface area contributed by atoms with Crippen LogP contribution in [0.2, 0.25) is 0 Å². The second-order valence-electron chi connectivity index (χ2n) is 23.3. The van der Waals surface area contributed by atoms with Crippen molar-refractivity contribution >= 4 is 59.1 Å². The predicted octanol–water partition coefficient (Wildman–Crippen LogP) is 4.58. The zero-order valence-electron chi connectivity index (χ0n) is 52.9. The molecule has 1 saturated heterocycles. The number of likely N-dealkylation sites (tertiary alicyclic amines) is 1. The second-order valence-corrected chi connectivity index (χ2v) is 23.3. The molecule has 2 rings (SSSR count).